The number of hydrogen-bond donors (Lipinski definition) is 2. The Morgan fingerprint density at radius 1 is 1.10 bits per heavy atom. The summed E-state index contributed by atoms with van der Waals surface area (Å²) in [7, 11) is 0. The molecule has 0 saturated carbocycles. The molecule has 0 fully saturated rings. The molecule has 0 aliphatic heterocycles. The zero-order chi connectivity index (χ0) is 14.7. The van der Waals surface area contributed by atoms with Gasteiger partial charge in [-0.2, -0.15) is 0 Å². The molecule has 0 heterocycles. The van der Waals surface area contributed by atoms with Crippen molar-refractivity contribution in [2.75, 3.05) is 0 Å². The van der Waals surface area contributed by atoms with E-state index in [1.807, 2.05) is 0 Å². The molecule has 0 saturated heterocycles. The van der Waals surface area contributed by atoms with Crippen LogP contribution in [0.15, 0.2) is 42.5 Å². The van der Waals surface area contributed by atoms with E-state index in [-0.39, 0.29) is 28.4 Å². The number of benzene rings is 2. The van der Waals surface area contributed by atoms with Gasteiger partial charge >= 0.3 is 0 Å². The number of rotatable bonds is 3. The van der Waals surface area contributed by atoms with E-state index in [1.165, 1.54) is 18.2 Å². The van der Waals surface area contributed by atoms with E-state index >= 15 is 0 Å². The van der Waals surface area contributed by atoms with E-state index < -0.39 is 0 Å². The number of halogens is 1. The third kappa shape index (κ3) is 3.00. The van der Waals surface area contributed by atoms with Crippen LogP contribution in [0.2, 0.25) is 5.02 Å². The number of hydrogen-bond acceptors (Lipinski definition) is 3. The first kappa shape index (κ1) is 14.2. The maximum atomic E-state index is 12.0. The number of phenolic OH excluding ortho intramolecular Hbond substituents is 2. The van der Waals surface area contributed by atoms with E-state index in [0.29, 0.717) is 5.02 Å². The van der Waals surface area contributed by atoms with Crippen molar-refractivity contribution in [3.05, 3.63) is 64.2 Å². The first-order valence-corrected chi connectivity index (χ1v) is 6.36. The number of ketones is 1. The van der Waals surface area contributed by atoms with Crippen LogP contribution in [-0.2, 0) is 0 Å². The van der Waals surface area contributed by atoms with Crippen molar-refractivity contribution in [2.45, 2.75) is 6.92 Å². The van der Waals surface area contributed by atoms with Crippen molar-refractivity contribution in [3.8, 4) is 11.5 Å². The molecule has 3 nitrogen and oxygen atoms in total. The lowest BCUT2D eigenvalue weighted by Gasteiger charge is -2.05. The predicted octanol–water partition coefficient (Wildman–Crippen LogP) is 3.96. The van der Waals surface area contributed by atoms with E-state index in [0.717, 1.165) is 5.56 Å². The van der Waals surface area contributed by atoms with Crippen molar-refractivity contribution < 1.29 is 15.0 Å². The maximum absolute atomic E-state index is 12.0. The molecule has 0 atom stereocenters. The summed E-state index contributed by atoms with van der Waals surface area (Å²) in [6, 6.07) is 9.81. The minimum atomic E-state index is -0.333. The summed E-state index contributed by atoms with van der Waals surface area (Å²) < 4.78 is 0. The van der Waals surface area contributed by atoms with Crippen molar-refractivity contribution in [2.24, 2.45) is 0 Å². The monoisotopic (exact) mass is 288 g/mol. The van der Waals surface area contributed by atoms with Crippen LogP contribution in [0, 0.1) is 6.92 Å². The number of aromatic hydroxyl groups is 2. The number of carbonyl (C=O) groups excluding carboxylic acids is 1. The standard InChI is InChI=1S/C16H13ClO3/c1-10-14(18)9-7-13(16(10)20)15(19)8-4-11-2-5-12(17)6-3-11/h2-9,18,20H,1H3/b8-4+. The molecule has 0 aliphatic carbocycles. The molecule has 0 bridgehead atoms. The Labute approximate surface area is 121 Å². The molecule has 0 radical (unpaired) electrons. The van der Waals surface area contributed by atoms with Gasteiger partial charge < -0.3 is 10.2 Å². The van der Waals surface area contributed by atoms with Gasteiger partial charge in [0.2, 0.25) is 0 Å². The van der Waals surface area contributed by atoms with Gasteiger partial charge in [-0.25, -0.2) is 0 Å². The van der Waals surface area contributed by atoms with Crippen LogP contribution in [0.25, 0.3) is 6.08 Å². The van der Waals surface area contributed by atoms with Crippen LogP contribution in [-0.4, -0.2) is 16.0 Å². The van der Waals surface area contributed by atoms with E-state index in [9.17, 15) is 15.0 Å². The molecular weight excluding hydrogens is 276 g/mol. The molecule has 2 aromatic rings. The van der Waals surface area contributed by atoms with Gasteiger partial charge in [-0.15, -0.1) is 0 Å². The lowest BCUT2D eigenvalue weighted by molar-refractivity contribution is 0.104. The first-order chi connectivity index (χ1) is 9.49. The van der Waals surface area contributed by atoms with Gasteiger partial charge in [-0.1, -0.05) is 29.8 Å². The number of allylic oxidation sites excluding steroid dienone is 1. The molecule has 2 rings (SSSR count). The average Bonchev–Trinajstić information content (AvgIpc) is 2.44. The molecule has 0 aliphatic rings. The summed E-state index contributed by atoms with van der Waals surface area (Å²) in [5.74, 6) is -0.572. The van der Waals surface area contributed by atoms with E-state index in [2.05, 4.69) is 0 Å². The molecule has 102 valence electrons. The quantitative estimate of drug-likeness (QED) is 0.664. The lowest BCUT2D eigenvalue weighted by atomic mass is 10.0. The Kier molecular flexibility index (Phi) is 4.11. The van der Waals surface area contributed by atoms with Crippen LogP contribution < -0.4 is 0 Å². The second kappa shape index (κ2) is 5.80. The zero-order valence-electron chi connectivity index (χ0n) is 10.8. The summed E-state index contributed by atoms with van der Waals surface area (Å²) in [5, 5.41) is 19.9. The minimum absolute atomic E-state index is 0.0410. The normalized spacial score (nSPS) is 10.9. The van der Waals surface area contributed by atoms with Gasteiger partial charge in [-0.3, -0.25) is 4.79 Å². The Balaban J connectivity index is 2.24. The zero-order valence-corrected chi connectivity index (χ0v) is 11.6. The van der Waals surface area contributed by atoms with Gasteiger partial charge in [0.1, 0.15) is 11.5 Å². The number of phenols is 2. The molecule has 0 unspecified atom stereocenters. The smallest absolute Gasteiger partial charge is 0.189 e. The van der Waals surface area contributed by atoms with Gasteiger partial charge in [0, 0.05) is 10.6 Å². The van der Waals surface area contributed by atoms with Crippen LogP contribution in [0.3, 0.4) is 0 Å². The Bertz CT molecular complexity index is 673. The second-order valence-corrected chi connectivity index (χ2v) is 4.79. The van der Waals surface area contributed by atoms with Gasteiger partial charge in [0.15, 0.2) is 5.78 Å². The second-order valence-electron chi connectivity index (χ2n) is 4.35. The van der Waals surface area contributed by atoms with Crippen LogP contribution in [0.5, 0.6) is 11.5 Å². The van der Waals surface area contributed by atoms with Gasteiger partial charge in [-0.05, 0) is 42.8 Å². The molecule has 2 aromatic carbocycles. The molecule has 2 N–H and O–H groups in total. The molecule has 4 heteroatoms. The van der Waals surface area contributed by atoms with E-state index in [1.54, 1.807) is 37.3 Å². The largest absolute Gasteiger partial charge is 0.508 e. The topological polar surface area (TPSA) is 57.5 Å². The minimum Gasteiger partial charge on any atom is -0.508 e. The highest BCUT2D eigenvalue weighted by atomic mass is 35.5. The van der Waals surface area contributed by atoms with Crippen LogP contribution in [0.1, 0.15) is 21.5 Å². The first-order valence-electron chi connectivity index (χ1n) is 5.98. The van der Waals surface area contributed by atoms with Crippen molar-refractivity contribution >= 4 is 23.5 Å². The highest BCUT2D eigenvalue weighted by molar-refractivity contribution is 6.30. The summed E-state index contributed by atoms with van der Waals surface area (Å²) in [4.78, 5) is 12.0. The Morgan fingerprint density at radius 2 is 1.75 bits per heavy atom. The van der Waals surface area contributed by atoms with E-state index in [4.69, 9.17) is 11.6 Å². The third-order valence-electron chi connectivity index (χ3n) is 2.97. The maximum Gasteiger partial charge on any atom is 0.189 e. The fourth-order valence-electron chi connectivity index (χ4n) is 1.72. The summed E-state index contributed by atoms with van der Waals surface area (Å²) in [5.41, 5.74) is 1.28. The Morgan fingerprint density at radius 3 is 2.40 bits per heavy atom. The van der Waals surface area contributed by atoms with Crippen LogP contribution in [0.4, 0.5) is 0 Å². The average molecular weight is 289 g/mol. The summed E-state index contributed by atoms with van der Waals surface area (Å²) in [6.45, 7) is 1.55. The van der Waals surface area contributed by atoms with Crippen molar-refractivity contribution in [3.63, 3.8) is 0 Å². The lowest BCUT2D eigenvalue weighted by Crippen LogP contribution is -1.96. The molecule has 0 aromatic heterocycles. The van der Waals surface area contributed by atoms with Gasteiger partial charge in [0.25, 0.3) is 0 Å². The molecule has 20 heavy (non-hydrogen) atoms. The predicted molar refractivity (Wildman–Crippen MR) is 79.3 cm³/mol. The fourth-order valence-corrected chi connectivity index (χ4v) is 1.85. The fraction of sp³-hybridized carbons (Fsp3) is 0.0625. The molecule has 0 spiro atoms. The highest BCUT2D eigenvalue weighted by Gasteiger charge is 2.12. The molecular formula is C16H13ClO3. The number of carbonyl (C=O) groups is 1. The van der Waals surface area contributed by atoms with Crippen molar-refractivity contribution in [1.29, 1.82) is 0 Å². The van der Waals surface area contributed by atoms with Crippen molar-refractivity contribution in [1.82, 2.24) is 0 Å². The highest BCUT2D eigenvalue weighted by Crippen LogP contribution is 2.29. The third-order valence-corrected chi connectivity index (χ3v) is 3.22. The molecule has 0 amide bonds. The van der Waals surface area contributed by atoms with Gasteiger partial charge in [0.05, 0.1) is 5.56 Å². The SMILES string of the molecule is Cc1c(O)ccc(C(=O)/C=C/c2ccc(Cl)cc2)c1O. The van der Waals surface area contributed by atoms with Crippen LogP contribution >= 0.6 is 11.6 Å². The summed E-state index contributed by atoms with van der Waals surface area (Å²) in [6.07, 6.45) is 3.01. The Hall–Kier alpha value is -2.26. The summed E-state index contributed by atoms with van der Waals surface area (Å²) >= 11 is 5.78.